The van der Waals surface area contributed by atoms with E-state index in [9.17, 15) is 10.1 Å². The number of rotatable bonds is 6. The van der Waals surface area contributed by atoms with Crippen LogP contribution in [0.25, 0.3) is 77.1 Å². The number of anilines is 1. The van der Waals surface area contributed by atoms with Gasteiger partial charge in [-0.1, -0.05) is 104 Å². The molecule has 9 aromatic rings. The Morgan fingerprint density at radius 1 is 0.517 bits per heavy atom. The van der Waals surface area contributed by atoms with Gasteiger partial charge in [0.25, 0.3) is 17.6 Å². The molecule has 58 heavy (non-hydrogen) atoms. The molecule has 3 aromatic heterocycles. The molecule has 0 N–H and O–H groups in total. The second-order valence-corrected chi connectivity index (χ2v) is 13.9. The number of amides is 2. The molecule has 2 amide bonds. The minimum Gasteiger partial charge on any atom is -0.361 e. The van der Waals surface area contributed by atoms with Crippen LogP contribution in [-0.4, -0.2) is 26.3 Å². The average Bonchev–Trinajstić information content (AvgIpc) is 3.75. The Bertz CT molecular complexity index is 3130. The van der Waals surface area contributed by atoms with Crippen LogP contribution in [-0.2, 0) is 0 Å². The third-order valence-electron chi connectivity index (χ3n) is 10.6. The summed E-state index contributed by atoms with van der Waals surface area (Å²) in [5, 5.41) is 11.3. The van der Waals surface area contributed by atoms with E-state index in [1.165, 1.54) is 4.90 Å². The highest BCUT2D eigenvalue weighted by molar-refractivity contribution is 6.36. The fourth-order valence-corrected chi connectivity index (χ4v) is 7.97. The van der Waals surface area contributed by atoms with Crippen molar-refractivity contribution >= 4 is 45.1 Å². The van der Waals surface area contributed by atoms with Gasteiger partial charge in [-0.25, -0.2) is 9.88 Å². The van der Waals surface area contributed by atoms with Gasteiger partial charge in [-0.15, -0.1) is 4.98 Å². The zero-order chi connectivity index (χ0) is 39.3. The highest BCUT2D eigenvalue weighted by atomic mass is 16.2. The standard InChI is InChI=1S/C50H28N6O2/c1-52-47-20-10-18-42(54-47)35-23-26-44-40(28-35)39-27-34(41-17-8-15-36(30-51)53-41)22-25-43(39)55(44)45-19-9-16-38-48(45)50(58)56(49(38)57)46-29-33(31-11-4-2-5-12-31)21-24-37(46)32-13-6-3-7-14-32/h2-29H. The van der Waals surface area contributed by atoms with Crippen molar-refractivity contribution in [3.8, 4) is 56.5 Å². The quantitative estimate of drug-likeness (QED) is 0.125. The molecular weight excluding hydrogens is 717 g/mol. The number of imide groups is 1. The first-order valence-corrected chi connectivity index (χ1v) is 18.6. The molecule has 0 unspecified atom stereocenters. The van der Waals surface area contributed by atoms with Gasteiger partial charge in [0.05, 0.1) is 39.2 Å². The molecule has 0 atom stereocenters. The Labute approximate surface area is 333 Å². The predicted molar refractivity (Wildman–Crippen MR) is 227 cm³/mol. The van der Waals surface area contributed by atoms with Crippen molar-refractivity contribution in [3.63, 3.8) is 0 Å². The number of fused-ring (bicyclic) bond motifs is 4. The lowest BCUT2D eigenvalue weighted by Gasteiger charge is -2.20. The van der Waals surface area contributed by atoms with E-state index in [4.69, 9.17) is 6.57 Å². The van der Waals surface area contributed by atoms with E-state index < -0.39 is 11.8 Å². The molecule has 10 rings (SSSR count). The fraction of sp³-hybridized carbons (Fsp3) is 0. The highest BCUT2D eigenvalue weighted by Crippen LogP contribution is 2.43. The Hall–Kier alpha value is -8.46. The molecular formula is C50H28N6O2. The number of pyridine rings is 2. The van der Waals surface area contributed by atoms with Crippen LogP contribution in [0.3, 0.4) is 0 Å². The number of carbonyl (C=O) groups is 2. The summed E-state index contributed by atoms with van der Waals surface area (Å²) in [6.07, 6.45) is 0. The van der Waals surface area contributed by atoms with E-state index in [1.54, 1.807) is 18.2 Å². The number of aromatic nitrogens is 3. The maximum atomic E-state index is 15.1. The molecule has 0 saturated carbocycles. The Morgan fingerprint density at radius 3 is 1.81 bits per heavy atom. The van der Waals surface area contributed by atoms with Crippen LogP contribution < -0.4 is 4.90 Å². The molecule has 270 valence electrons. The molecule has 0 spiro atoms. The number of carbonyl (C=O) groups excluding carboxylic acids is 2. The van der Waals surface area contributed by atoms with Gasteiger partial charge in [-0.2, -0.15) is 5.26 Å². The van der Waals surface area contributed by atoms with Crippen molar-refractivity contribution in [2.75, 3.05) is 4.90 Å². The number of nitrogens with zero attached hydrogens (tertiary/aromatic N) is 6. The van der Waals surface area contributed by atoms with Crippen molar-refractivity contribution in [1.82, 2.24) is 14.5 Å². The van der Waals surface area contributed by atoms with Crippen LogP contribution in [0.4, 0.5) is 11.5 Å². The van der Waals surface area contributed by atoms with Gasteiger partial charge >= 0.3 is 0 Å². The summed E-state index contributed by atoms with van der Waals surface area (Å²) in [4.78, 5) is 43.7. The molecule has 8 nitrogen and oxygen atoms in total. The summed E-state index contributed by atoms with van der Waals surface area (Å²) >= 11 is 0. The summed E-state index contributed by atoms with van der Waals surface area (Å²) in [6.45, 7) is 7.52. The van der Waals surface area contributed by atoms with Gasteiger partial charge in [-0.3, -0.25) is 9.59 Å². The Balaban J connectivity index is 1.18. The SMILES string of the molecule is [C-]#[N+]c1cccc(-c2ccc3c(c2)c2cc(-c4cccc(C#N)n4)ccc2n3-c2cccc3c2C(=O)N(c2cc(-c4ccccc4)ccc2-c2ccccc2)C3=O)n1. The van der Waals surface area contributed by atoms with E-state index in [1.807, 2.05) is 156 Å². The third kappa shape index (κ3) is 5.52. The summed E-state index contributed by atoms with van der Waals surface area (Å²) < 4.78 is 2.03. The van der Waals surface area contributed by atoms with Gasteiger partial charge in [-0.05, 0) is 89.5 Å². The molecule has 1 aliphatic heterocycles. The molecule has 1 aliphatic rings. The van der Waals surface area contributed by atoms with Crippen molar-refractivity contribution in [1.29, 1.82) is 5.26 Å². The second-order valence-electron chi connectivity index (χ2n) is 13.9. The van der Waals surface area contributed by atoms with Crippen LogP contribution in [0.1, 0.15) is 26.4 Å². The van der Waals surface area contributed by atoms with Gasteiger partial charge in [0.1, 0.15) is 11.8 Å². The molecule has 0 aliphatic carbocycles. The van der Waals surface area contributed by atoms with Gasteiger partial charge in [0.2, 0.25) is 0 Å². The lowest BCUT2D eigenvalue weighted by Crippen LogP contribution is -2.30. The smallest absolute Gasteiger partial charge is 0.270 e. The lowest BCUT2D eigenvalue weighted by molar-refractivity contribution is 0.0926. The summed E-state index contributed by atoms with van der Waals surface area (Å²) in [6, 6.07) is 55.8. The average molecular weight is 745 g/mol. The topological polar surface area (TPSA) is 96.2 Å². The van der Waals surface area contributed by atoms with E-state index in [-0.39, 0.29) is 0 Å². The van der Waals surface area contributed by atoms with Gasteiger partial charge in [0, 0.05) is 27.5 Å². The van der Waals surface area contributed by atoms with E-state index in [0.29, 0.717) is 45.4 Å². The largest absolute Gasteiger partial charge is 0.361 e. The molecule has 4 heterocycles. The maximum absolute atomic E-state index is 15.1. The maximum Gasteiger partial charge on any atom is 0.270 e. The van der Waals surface area contributed by atoms with E-state index >= 15 is 4.79 Å². The van der Waals surface area contributed by atoms with Crippen LogP contribution >= 0.6 is 0 Å². The van der Waals surface area contributed by atoms with Crippen LogP contribution in [0.2, 0.25) is 0 Å². The van der Waals surface area contributed by atoms with E-state index in [2.05, 4.69) is 20.9 Å². The number of benzene rings is 6. The summed E-state index contributed by atoms with van der Waals surface area (Å²) in [7, 11) is 0. The molecule has 0 saturated heterocycles. The first-order valence-electron chi connectivity index (χ1n) is 18.6. The van der Waals surface area contributed by atoms with Crippen LogP contribution in [0.5, 0.6) is 0 Å². The molecule has 8 heteroatoms. The van der Waals surface area contributed by atoms with Crippen LogP contribution in [0, 0.1) is 17.9 Å². The monoisotopic (exact) mass is 744 g/mol. The molecule has 6 aromatic carbocycles. The zero-order valence-corrected chi connectivity index (χ0v) is 30.7. The number of hydrogen-bond acceptors (Lipinski definition) is 5. The highest BCUT2D eigenvalue weighted by Gasteiger charge is 2.40. The minimum atomic E-state index is -0.418. The third-order valence-corrected chi connectivity index (χ3v) is 10.6. The van der Waals surface area contributed by atoms with Crippen molar-refractivity contribution < 1.29 is 9.59 Å². The Morgan fingerprint density at radius 2 is 1.14 bits per heavy atom. The number of hydrogen-bond donors (Lipinski definition) is 0. The molecule has 0 bridgehead atoms. The zero-order valence-electron chi connectivity index (χ0n) is 30.7. The number of nitriles is 1. The first-order chi connectivity index (χ1) is 28.5. The summed E-state index contributed by atoms with van der Waals surface area (Å²) in [5.41, 5.74) is 10.0. The van der Waals surface area contributed by atoms with Crippen LogP contribution in [0.15, 0.2) is 170 Å². The fourth-order valence-electron chi connectivity index (χ4n) is 7.97. The lowest BCUT2D eigenvalue weighted by atomic mass is 9.97. The minimum absolute atomic E-state index is 0.295. The van der Waals surface area contributed by atoms with E-state index in [0.717, 1.165) is 55.2 Å². The summed E-state index contributed by atoms with van der Waals surface area (Å²) in [5.74, 6) is -0.522. The molecule has 0 fully saturated rings. The van der Waals surface area contributed by atoms with Crippen molar-refractivity contribution in [2.45, 2.75) is 0 Å². The Kier molecular flexibility index (Phi) is 8.04. The van der Waals surface area contributed by atoms with Gasteiger partial charge < -0.3 is 9.41 Å². The second kappa shape index (κ2) is 13.7. The predicted octanol–water partition coefficient (Wildman–Crippen LogP) is 11.5. The normalized spacial score (nSPS) is 12.1. The van der Waals surface area contributed by atoms with Gasteiger partial charge in [0.15, 0.2) is 5.69 Å². The first kappa shape index (κ1) is 34.1. The van der Waals surface area contributed by atoms with Crippen molar-refractivity contribution in [3.05, 3.63) is 198 Å². The molecule has 0 radical (unpaired) electrons. The van der Waals surface area contributed by atoms with Crippen molar-refractivity contribution in [2.24, 2.45) is 0 Å².